The van der Waals surface area contributed by atoms with Crippen LogP contribution in [0.15, 0.2) is 17.3 Å². The molecule has 0 aliphatic heterocycles. The van der Waals surface area contributed by atoms with E-state index in [2.05, 4.69) is 25.3 Å². The van der Waals surface area contributed by atoms with Crippen LogP contribution in [0.4, 0.5) is 0 Å². The SMILES string of the molecule is Cc1nc(=O)[nH]c(C)c1CC(=O)NCCc1cnc[nH]1. The highest BCUT2D eigenvalue weighted by molar-refractivity contribution is 5.79. The van der Waals surface area contributed by atoms with Crippen LogP contribution in [0.3, 0.4) is 0 Å². The van der Waals surface area contributed by atoms with Crippen LogP contribution in [0.1, 0.15) is 22.6 Å². The summed E-state index contributed by atoms with van der Waals surface area (Å²) in [5, 5.41) is 2.83. The number of carbonyl (C=O) groups excluding carboxylic acids is 1. The number of carbonyl (C=O) groups is 1. The summed E-state index contributed by atoms with van der Waals surface area (Å²) in [6.45, 7) is 4.04. The molecule has 0 aromatic carbocycles. The molecular weight excluding hydrogens is 258 g/mol. The van der Waals surface area contributed by atoms with Gasteiger partial charge in [0, 0.05) is 41.8 Å². The van der Waals surface area contributed by atoms with E-state index in [1.54, 1.807) is 26.4 Å². The molecule has 0 aliphatic carbocycles. The predicted molar refractivity (Wildman–Crippen MR) is 73.3 cm³/mol. The quantitative estimate of drug-likeness (QED) is 0.715. The van der Waals surface area contributed by atoms with Gasteiger partial charge in [-0.25, -0.2) is 9.78 Å². The first kappa shape index (κ1) is 14.0. The summed E-state index contributed by atoms with van der Waals surface area (Å²) in [5.74, 6) is -0.0930. The number of amides is 1. The van der Waals surface area contributed by atoms with Crippen LogP contribution in [0, 0.1) is 13.8 Å². The second-order valence-corrected chi connectivity index (χ2v) is 4.58. The molecule has 3 N–H and O–H groups in total. The van der Waals surface area contributed by atoms with E-state index in [-0.39, 0.29) is 18.0 Å². The van der Waals surface area contributed by atoms with E-state index in [1.165, 1.54) is 0 Å². The first-order valence-electron chi connectivity index (χ1n) is 6.36. The van der Waals surface area contributed by atoms with Crippen molar-refractivity contribution in [2.24, 2.45) is 0 Å². The molecule has 0 spiro atoms. The molecule has 1 amide bonds. The number of nitrogens with one attached hydrogen (secondary N) is 3. The predicted octanol–water partition coefficient (Wildman–Crippen LogP) is 0.0112. The molecule has 0 aliphatic rings. The van der Waals surface area contributed by atoms with Crippen LogP contribution >= 0.6 is 0 Å². The lowest BCUT2D eigenvalue weighted by Gasteiger charge is -2.08. The fourth-order valence-corrected chi connectivity index (χ4v) is 2.00. The number of aromatic nitrogens is 4. The van der Waals surface area contributed by atoms with Crippen molar-refractivity contribution in [2.45, 2.75) is 26.7 Å². The van der Waals surface area contributed by atoms with Gasteiger partial charge in [0.05, 0.1) is 12.7 Å². The second kappa shape index (κ2) is 6.14. The van der Waals surface area contributed by atoms with Crippen molar-refractivity contribution in [3.8, 4) is 0 Å². The van der Waals surface area contributed by atoms with E-state index < -0.39 is 0 Å². The van der Waals surface area contributed by atoms with Crippen molar-refractivity contribution in [3.05, 3.63) is 45.7 Å². The number of H-pyrrole nitrogens is 2. The van der Waals surface area contributed by atoms with E-state index in [0.717, 1.165) is 11.3 Å². The largest absolute Gasteiger partial charge is 0.355 e. The van der Waals surface area contributed by atoms with E-state index in [4.69, 9.17) is 0 Å². The summed E-state index contributed by atoms with van der Waals surface area (Å²) >= 11 is 0. The summed E-state index contributed by atoms with van der Waals surface area (Å²) in [7, 11) is 0. The zero-order valence-corrected chi connectivity index (χ0v) is 11.5. The number of hydrogen-bond donors (Lipinski definition) is 3. The third kappa shape index (κ3) is 3.53. The average molecular weight is 275 g/mol. The molecule has 0 atom stereocenters. The molecule has 0 saturated carbocycles. The van der Waals surface area contributed by atoms with Crippen molar-refractivity contribution in [1.29, 1.82) is 0 Å². The van der Waals surface area contributed by atoms with Gasteiger partial charge < -0.3 is 15.3 Å². The van der Waals surface area contributed by atoms with Crippen molar-refractivity contribution in [3.63, 3.8) is 0 Å². The van der Waals surface area contributed by atoms with Gasteiger partial charge in [-0.2, -0.15) is 4.98 Å². The Morgan fingerprint density at radius 3 is 2.85 bits per heavy atom. The summed E-state index contributed by atoms with van der Waals surface area (Å²) in [6, 6.07) is 0. The highest BCUT2D eigenvalue weighted by Crippen LogP contribution is 2.07. The first-order chi connectivity index (χ1) is 9.56. The monoisotopic (exact) mass is 275 g/mol. The Balaban J connectivity index is 1.90. The van der Waals surface area contributed by atoms with Gasteiger partial charge in [0.1, 0.15) is 0 Å². The topological polar surface area (TPSA) is 104 Å². The van der Waals surface area contributed by atoms with Gasteiger partial charge in [0.15, 0.2) is 0 Å². The van der Waals surface area contributed by atoms with Crippen LogP contribution in [-0.2, 0) is 17.6 Å². The molecule has 7 heteroatoms. The zero-order chi connectivity index (χ0) is 14.5. The Hall–Kier alpha value is -2.44. The Bertz CT molecular complexity index is 619. The number of imidazole rings is 1. The smallest absolute Gasteiger partial charge is 0.345 e. The summed E-state index contributed by atoms with van der Waals surface area (Å²) < 4.78 is 0. The van der Waals surface area contributed by atoms with Crippen LogP contribution < -0.4 is 11.0 Å². The molecule has 2 aromatic heterocycles. The van der Waals surface area contributed by atoms with Gasteiger partial charge in [-0.3, -0.25) is 4.79 Å². The molecule has 2 heterocycles. The Morgan fingerprint density at radius 2 is 2.20 bits per heavy atom. The van der Waals surface area contributed by atoms with Crippen LogP contribution in [0.5, 0.6) is 0 Å². The number of aryl methyl sites for hydroxylation is 2. The third-order valence-electron chi connectivity index (χ3n) is 3.06. The standard InChI is InChI=1S/C13H17N5O2/c1-8-11(9(2)18-13(20)17-8)5-12(19)15-4-3-10-6-14-7-16-10/h6-7H,3-5H2,1-2H3,(H,14,16)(H,15,19)(H,17,18,20). The van der Waals surface area contributed by atoms with Gasteiger partial charge in [0.25, 0.3) is 0 Å². The van der Waals surface area contributed by atoms with Crippen LogP contribution in [-0.4, -0.2) is 32.4 Å². The van der Waals surface area contributed by atoms with Gasteiger partial charge >= 0.3 is 5.69 Å². The Morgan fingerprint density at radius 1 is 1.40 bits per heavy atom. The molecule has 7 nitrogen and oxygen atoms in total. The second-order valence-electron chi connectivity index (χ2n) is 4.58. The molecule has 20 heavy (non-hydrogen) atoms. The molecule has 2 rings (SSSR count). The highest BCUT2D eigenvalue weighted by atomic mass is 16.1. The first-order valence-corrected chi connectivity index (χ1v) is 6.36. The fraction of sp³-hybridized carbons (Fsp3) is 0.385. The van der Waals surface area contributed by atoms with Crippen molar-refractivity contribution >= 4 is 5.91 Å². The molecule has 0 unspecified atom stereocenters. The lowest BCUT2D eigenvalue weighted by atomic mass is 10.1. The average Bonchev–Trinajstić information content (AvgIpc) is 2.87. The van der Waals surface area contributed by atoms with E-state index in [1.807, 2.05) is 0 Å². The molecule has 0 fully saturated rings. The Labute approximate surface area is 115 Å². The molecule has 2 aromatic rings. The van der Waals surface area contributed by atoms with Crippen molar-refractivity contribution in [2.75, 3.05) is 6.54 Å². The minimum Gasteiger partial charge on any atom is -0.355 e. The molecule has 106 valence electrons. The van der Waals surface area contributed by atoms with Crippen LogP contribution in [0.25, 0.3) is 0 Å². The van der Waals surface area contributed by atoms with Gasteiger partial charge in [-0.05, 0) is 13.8 Å². The lowest BCUT2D eigenvalue weighted by molar-refractivity contribution is -0.120. The van der Waals surface area contributed by atoms with Gasteiger partial charge in [-0.1, -0.05) is 0 Å². The van der Waals surface area contributed by atoms with E-state index in [9.17, 15) is 9.59 Å². The maximum absolute atomic E-state index is 11.9. The van der Waals surface area contributed by atoms with Crippen LogP contribution in [0.2, 0.25) is 0 Å². The van der Waals surface area contributed by atoms with Crippen molar-refractivity contribution < 1.29 is 4.79 Å². The molecular formula is C13H17N5O2. The Kier molecular flexibility index (Phi) is 4.29. The minimum absolute atomic E-state index is 0.0930. The number of aromatic amines is 2. The van der Waals surface area contributed by atoms with E-state index >= 15 is 0 Å². The lowest BCUT2D eigenvalue weighted by Crippen LogP contribution is -2.29. The molecule has 0 bridgehead atoms. The number of nitrogens with zero attached hydrogens (tertiary/aromatic N) is 2. The maximum atomic E-state index is 11.9. The van der Waals surface area contributed by atoms with Gasteiger partial charge in [0.2, 0.25) is 5.91 Å². The van der Waals surface area contributed by atoms with E-state index in [0.29, 0.717) is 24.4 Å². The fourth-order valence-electron chi connectivity index (χ4n) is 2.00. The summed E-state index contributed by atoms with van der Waals surface area (Å²) in [4.78, 5) is 36.3. The third-order valence-corrected chi connectivity index (χ3v) is 3.06. The molecule has 0 saturated heterocycles. The number of rotatable bonds is 5. The molecule has 0 radical (unpaired) electrons. The summed E-state index contributed by atoms with van der Waals surface area (Å²) in [5.41, 5.74) is 2.64. The van der Waals surface area contributed by atoms with Gasteiger partial charge in [-0.15, -0.1) is 0 Å². The maximum Gasteiger partial charge on any atom is 0.345 e. The zero-order valence-electron chi connectivity index (χ0n) is 11.5. The van der Waals surface area contributed by atoms with Crippen molar-refractivity contribution in [1.82, 2.24) is 25.3 Å². The highest BCUT2D eigenvalue weighted by Gasteiger charge is 2.10. The summed E-state index contributed by atoms with van der Waals surface area (Å²) in [6.07, 6.45) is 4.25. The normalized spacial score (nSPS) is 10.5. The number of hydrogen-bond acceptors (Lipinski definition) is 4. The minimum atomic E-state index is -0.386.